The lowest BCUT2D eigenvalue weighted by Gasteiger charge is -2.37. The minimum absolute atomic E-state index is 0.144. The lowest BCUT2D eigenvalue weighted by atomic mass is 10.1. The van der Waals surface area contributed by atoms with Crippen LogP contribution in [0.4, 0.5) is 5.69 Å². The summed E-state index contributed by atoms with van der Waals surface area (Å²) in [6.07, 6.45) is 1.66. The van der Waals surface area contributed by atoms with Gasteiger partial charge in [-0.15, -0.1) is 0 Å². The minimum atomic E-state index is -3.82. The Bertz CT molecular complexity index is 1610. The molecule has 4 aromatic rings. The highest BCUT2D eigenvalue weighted by Crippen LogP contribution is 2.37. The van der Waals surface area contributed by atoms with Gasteiger partial charge in [-0.2, -0.15) is 0 Å². The van der Waals surface area contributed by atoms with E-state index in [4.69, 9.17) is 9.47 Å². The molecule has 0 aromatic heterocycles. The normalized spacial score (nSPS) is 13.1. The third-order valence-corrected chi connectivity index (χ3v) is 10.2. The number of anilines is 1. The van der Waals surface area contributed by atoms with Gasteiger partial charge < -0.3 is 14.0 Å². The van der Waals surface area contributed by atoms with Crippen LogP contribution in [-0.2, 0) is 16.6 Å². The van der Waals surface area contributed by atoms with E-state index in [0.29, 0.717) is 23.7 Å². The van der Waals surface area contributed by atoms with Gasteiger partial charge in [-0.05, 0) is 75.6 Å². The first-order valence-electron chi connectivity index (χ1n) is 14.6. The van der Waals surface area contributed by atoms with Crippen molar-refractivity contribution in [2.24, 2.45) is 0 Å². The summed E-state index contributed by atoms with van der Waals surface area (Å²) in [7, 11) is -3.82. The molecule has 0 radical (unpaired) electrons. The molecule has 1 heterocycles. The molecule has 5 rings (SSSR count). The molecule has 0 spiro atoms. The monoisotopic (exact) mass is 573 g/mol. The SMILES string of the molecule is CC[N+](CC)(CCCCN(c1ccc2c(c1)OCO2)S(=O)(=O)c1ccc2ccccc2c1)Cc1cc(C)cc(C)c1. The van der Waals surface area contributed by atoms with Crippen molar-refractivity contribution in [3.8, 4) is 11.5 Å². The van der Waals surface area contributed by atoms with Gasteiger partial charge in [0.15, 0.2) is 11.5 Å². The zero-order valence-corrected chi connectivity index (χ0v) is 25.4. The van der Waals surface area contributed by atoms with Gasteiger partial charge in [0, 0.05) is 18.2 Å². The van der Waals surface area contributed by atoms with E-state index in [1.54, 1.807) is 24.3 Å². The molecule has 0 saturated heterocycles. The summed E-state index contributed by atoms with van der Waals surface area (Å²) in [5.74, 6) is 1.21. The fraction of sp³-hybridized carbons (Fsp3) is 0.353. The van der Waals surface area contributed by atoms with Crippen LogP contribution in [0.2, 0.25) is 0 Å². The van der Waals surface area contributed by atoms with Gasteiger partial charge in [-0.1, -0.05) is 59.7 Å². The van der Waals surface area contributed by atoms with E-state index in [9.17, 15) is 8.42 Å². The average molecular weight is 574 g/mol. The summed E-state index contributed by atoms with van der Waals surface area (Å²) in [6, 6.07) is 25.4. The molecule has 1 aliphatic rings. The second-order valence-corrected chi connectivity index (χ2v) is 13.0. The first kappa shape index (κ1) is 29.0. The standard InChI is InChI=1S/C34H41N2O4S/c1-5-36(6-2,24-28-20-26(3)19-27(4)21-28)18-10-9-17-35(31-14-16-33-34(23-31)40-25-39-33)41(37,38)32-15-13-29-11-7-8-12-30(29)22-32/h7-8,11-16,19-23H,5-6,9-10,17-18,24-25H2,1-4H3/q+1. The maximum atomic E-state index is 14.1. The fourth-order valence-electron chi connectivity index (χ4n) is 5.98. The Morgan fingerprint density at radius 2 is 1.49 bits per heavy atom. The Labute approximate surface area is 244 Å². The second kappa shape index (κ2) is 12.1. The Balaban J connectivity index is 1.37. The predicted octanol–water partition coefficient (Wildman–Crippen LogP) is 7.22. The van der Waals surface area contributed by atoms with Crippen LogP contribution in [0.15, 0.2) is 83.8 Å². The number of rotatable bonds is 12. The van der Waals surface area contributed by atoms with Gasteiger partial charge in [0.2, 0.25) is 6.79 Å². The van der Waals surface area contributed by atoms with Gasteiger partial charge >= 0.3 is 0 Å². The van der Waals surface area contributed by atoms with E-state index < -0.39 is 10.0 Å². The molecular formula is C34H41N2O4S+. The smallest absolute Gasteiger partial charge is 0.264 e. The highest BCUT2D eigenvalue weighted by Gasteiger charge is 2.28. The number of hydrogen-bond acceptors (Lipinski definition) is 4. The van der Waals surface area contributed by atoms with Gasteiger partial charge in [-0.3, -0.25) is 4.31 Å². The number of aryl methyl sites for hydroxylation is 2. The molecule has 0 saturated carbocycles. The lowest BCUT2D eigenvalue weighted by molar-refractivity contribution is -0.938. The number of ether oxygens (including phenoxy) is 2. The topological polar surface area (TPSA) is 55.8 Å². The van der Waals surface area contributed by atoms with E-state index >= 15 is 0 Å². The van der Waals surface area contributed by atoms with E-state index in [0.717, 1.165) is 54.3 Å². The van der Waals surface area contributed by atoms with Crippen LogP contribution in [0.25, 0.3) is 10.8 Å². The van der Waals surface area contributed by atoms with Crippen LogP contribution in [0.5, 0.6) is 11.5 Å². The maximum absolute atomic E-state index is 14.1. The number of unbranched alkanes of at least 4 members (excludes halogenated alkanes) is 1. The summed E-state index contributed by atoms with van der Waals surface area (Å²) in [4.78, 5) is 0.288. The van der Waals surface area contributed by atoms with Gasteiger partial charge in [-0.25, -0.2) is 8.42 Å². The number of nitrogens with zero attached hydrogens (tertiary/aromatic N) is 2. The van der Waals surface area contributed by atoms with E-state index in [2.05, 4.69) is 45.9 Å². The Hall–Kier alpha value is -3.55. The third kappa shape index (κ3) is 6.36. The van der Waals surface area contributed by atoms with Crippen LogP contribution >= 0.6 is 0 Å². The quantitative estimate of drug-likeness (QED) is 0.133. The van der Waals surface area contributed by atoms with Crippen molar-refractivity contribution in [1.82, 2.24) is 0 Å². The molecule has 0 fully saturated rings. The number of sulfonamides is 1. The van der Waals surface area contributed by atoms with Crippen molar-refractivity contribution in [3.63, 3.8) is 0 Å². The maximum Gasteiger partial charge on any atom is 0.264 e. The molecule has 7 heteroatoms. The van der Waals surface area contributed by atoms with Crippen molar-refractivity contribution >= 4 is 26.5 Å². The van der Waals surface area contributed by atoms with Gasteiger partial charge in [0.1, 0.15) is 6.54 Å². The summed E-state index contributed by atoms with van der Waals surface area (Å²) < 4.78 is 41.9. The number of fused-ring (bicyclic) bond motifs is 2. The number of quaternary nitrogens is 1. The minimum Gasteiger partial charge on any atom is -0.454 e. The van der Waals surface area contributed by atoms with Crippen LogP contribution in [-0.4, -0.2) is 45.9 Å². The van der Waals surface area contributed by atoms with E-state index in [1.165, 1.54) is 21.0 Å². The third-order valence-electron chi connectivity index (χ3n) is 8.34. The summed E-state index contributed by atoms with van der Waals surface area (Å²) in [6.45, 7) is 13.4. The zero-order chi connectivity index (χ0) is 29.0. The molecule has 0 atom stereocenters. The Morgan fingerprint density at radius 3 is 2.22 bits per heavy atom. The molecule has 0 amide bonds. The number of benzene rings is 4. The van der Waals surface area contributed by atoms with Crippen molar-refractivity contribution in [3.05, 3.63) is 95.6 Å². The van der Waals surface area contributed by atoms with E-state index in [1.807, 2.05) is 36.4 Å². The highest BCUT2D eigenvalue weighted by molar-refractivity contribution is 7.92. The molecule has 0 unspecified atom stereocenters. The molecule has 6 nitrogen and oxygen atoms in total. The van der Waals surface area contributed by atoms with Crippen LogP contribution in [0.3, 0.4) is 0 Å². The predicted molar refractivity (Wildman–Crippen MR) is 166 cm³/mol. The molecule has 41 heavy (non-hydrogen) atoms. The average Bonchev–Trinajstić information content (AvgIpc) is 3.43. The highest BCUT2D eigenvalue weighted by atomic mass is 32.2. The van der Waals surface area contributed by atoms with Gasteiger partial charge in [0.05, 0.1) is 30.2 Å². The van der Waals surface area contributed by atoms with Crippen molar-refractivity contribution in [2.45, 2.75) is 52.0 Å². The van der Waals surface area contributed by atoms with Crippen LogP contribution in [0, 0.1) is 13.8 Å². The summed E-state index contributed by atoms with van der Waals surface area (Å²) >= 11 is 0. The van der Waals surface area contributed by atoms with Crippen LogP contribution < -0.4 is 13.8 Å². The molecule has 0 bridgehead atoms. The molecular weight excluding hydrogens is 532 g/mol. The second-order valence-electron chi connectivity index (χ2n) is 11.2. The molecule has 1 aliphatic heterocycles. The Morgan fingerprint density at radius 1 is 0.780 bits per heavy atom. The van der Waals surface area contributed by atoms with Crippen molar-refractivity contribution in [2.75, 3.05) is 37.3 Å². The molecule has 0 aliphatic carbocycles. The number of hydrogen-bond donors (Lipinski definition) is 0. The van der Waals surface area contributed by atoms with Crippen molar-refractivity contribution < 1.29 is 22.4 Å². The van der Waals surface area contributed by atoms with Crippen molar-refractivity contribution in [1.29, 1.82) is 0 Å². The largest absolute Gasteiger partial charge is 0.454 e. The summed E-state index contributed by atoms with van der Waals surface area (Å²) in [5, 5.41) is 1.91. The first-order chi connectivity index (χ1) is 19.7. The Kier molecular flexibility index (Phi) is 8.57. The molecule has 4 aromatic carbocycles. The van der Waals surface area contributed by atoms with Gasteiger partial charge in [0.25, 0.3) is 10.0 Å². The lowest BCUT2D eigenvalue weighted by Crippen LogP contribution is -2.47. The molecule has 216 valence electrons. The zero-order valence-electron chi connectivity index (χ0n) is 24.6. The van der Waals surface area contributed by atoms with Crippen LogP contribution in [0.1, 0.15) is 43.4 Å². The molecule has 0 N–H and O–H groups in total. The van der Waals surface area contributed by atoms with E-state index in [-0.39, 0.29) is 11.7 Å². The first-order valence-corrected chi connectivity index (χ1v) is 16.0. The summed E-state index contributed by atoms with van der Waals surface area (Å²) in [5.41, 5.74) is 4.54. The fourth-order valence-corrected chi connectivity index (χ4v) is 7.51.